The lowest BCUT2D eigenvalue weighted by Crippen LogP contribution is -2.55. The van der Waals surface area contributed by atoms with Crippen LogP contribution in [0.15, 0.2) is 28.7 Å². The highest BCUT2D eigenvalue weighted by molar-refractivity contribution is 9.10. The third-order valence-corrected chi connectivity index (χ3v) is 4.90. The molecule has 1 aromatic carbocycles. The van der Waals surface area contributed by atoms with Crippen LogP contribution >= 0.6 is 15.9 Å². The zero-order valence-electron chi connectivity index (χ0n) is 13.3. The van der Waals surface area contributed by atoms with Crippen LogP contribution in [0.25, 0.3) is 0 Å². The van der Waals surface area contributed by atoms with Gasteiger partial charge in [0.1, 0.15) is 6.04 Å². The average Bonchev–Trinajstić information content (AvgIpc) is 2.82. The number of hydrogen-bond donors (Lipinski definition) is 2. The fourth-order valence-electron chi connectivity index (χ4n) is 3.04. The summed E-state index contributed by atoms with van der Waals surface area (Å²) in [6.07, 6.45) is 0. The smallest absolute Gasteiger partial charge is 0.324 e. The normalized spacial score (nSPS) is 22.1. The number of piperazine rings is 1. The van der Waals surface area contributed by atoms with Crippen LogP contribution < -0.4 is 10.6 Å². The van der Waals surface area contributed by atoms with Gasteiger partial charge in [-0.05, 0) is 24.6 Å². The summed E-state index contributed by atoms with van der Waals surface area (Å²) in [6, 6.07) is 6.88. The highest BCUT2D eigenvalue weighted by Crippen LogP contribution is 2.17. The Hall–Kier alpha value is -1.93. The van der Waals surface area contributed by atoms with Crippen molar-refractivity contribution in [1.82, 2.24) is 20.4 Å². The number of fused-ring (bicyclic) bond motifs is 1. The first-order valence-electron chi connectivity index (χ1n) is 7.82. The Morgan fingerprint density at radius 2 is 2.04 bits per heavy atom. The van der Waals surface area contributed by atoms with E-state index in [1.165, 1.54) is 4.90 Å². The van der Waals surface area contributed by atoms with Crippen molar-refractivity contribution in [2.45, 2.75) is 19.0 Å². The van der Waals surface area contributed by atoms with Gasteiger partial charge in [-0.1, -0.05) is 28.1 Å². The van der Waals surface area contributed by atoms with Crippen LogP contribution in [0, 0.1) is 0 Å². The summed E-state index contributed by atoms with van der Waals surface area (Å²) in [5.74, 6) is -0.378. The van der Waals surface area contributed by atoms with E-state index in [9.17, 15) is 14.4 Å². The Kier molecular flexibility index (Phi) is 4.86. The second-order valence-corrected chi connectivity index (χ2v) is 7.00. The van der Waals surface area contributed by atoms with Gasteiger partial charge < -0.3 is 10.2 Å². The van der Waals surface area contributed by atoms with Crippen LogP contribution in [0.2, 0.25) is 0 Å². The molecule has 2 N–H and O–H groups in total. The van der Waals surface area contributed by atoms with Crippen molar-refractivity contribution in [2.75, 3.05) is 26.2 Å². The van der Waals surface area contributed by atoms with Gasteiger partial charge in [0.25, 0.3) is 5.91 Å². The van der Waals surface area contributed by atoms with Crippen molar-refractivity contribution in [2.24, 2.45) is 0 Å². The van der Waals surface area contributed by atoms with E-state index in [0.29, 0.717) is 19.6 Å². The third kappa shape index (κ3) is 3.59. The summed E-state index contributed by atoms with van der Waals surface area (Å²) in [4.78, 5) is 39.0. The molecule has 2 aliphatic rings. The summed E-state index contributed by atoms with van der Waals surface area (Å²) >= 11 is 3.39. The molecule has 0 aliphatic carbocycles. The van der Waals surface area contributed by atoms with Crippen LogP contribution in [0.4, 0.5) is 4.79 Å². The van der Waals surface area contributed by atoms with Crippen molar-refractivity contribution < 1.29 is 14.4 Å². The van der Waals surface area contributed by atoms with Crippen LogP contribution in [0.1, 0.15) is 18.5 Å². The number of nitrogens with one attached hydrogen (secondary N) is 2. The van der Waals surface area contributed by atoms with Gasteiger partial charge in [0.15, 0.2) is 0 Å². The molecule has 3 rings (SSSR count). The van der Waals surface area contributed by atoms with Crippen molar-refractivity contribution in [3.8, 4) is 0 Å². The highest BCUT2D eigenvalue weighted by atomic mass is 79.9. The minimum atomic E-state index is -0.483. The predicted octanol–water partition coefficient (Wildman–Crippen LogP) is 0.862. The highest BCUT2D eigenvalue weighted by Gasteiger charge is 2.42. The summed E-state index contributed by atoms with van der Waals surface area (Å²) in [7, 11) is 0. The maximum Gasteiger partial charge on any atom is 0.324 e. The first kappa shape index (κ1) is 16.9. The number of carbonyl (C=O) groups is 3. The minimum absolute atomic E-state index is 0.0939. The van der Waals surface area contributed by atoms with E-state index in [2.05, 4.69) is 26.6 Å². The van der Waals surface area contributed by atoms with Crippen molar-refractivity contribution in [3.05, 3.63) is 34.3 Å². The Labute approximate surface area is 148 Å². The van der Waals surface area contributed by atoms with Crippen LogP contribution in [-0.2, 0) is 9.59 Å². The van der Waals surface area contributed by atoms with Gasteiger partial charge in [-0.2, -0.15) is 0 Å². The van der Waals surface area contributed by atoms with Gasteiger partial charge in [0, 0.05) is 24.1 Å². The summed E-state index contributed by atoms with van der Waals surface area (Å²) in [5.41, 5.74) is 1.03. The van der Waals surface area contributed by atoms with Crippen LogP contribution in [-0.4, -0.2) is 59.9 Å². The van der Waals surface area contributed by atoms with Gasteiger partial charge >= 0.3 is 6.03 Å². The van der Waals surface area contributed by atoms with E-state index in [1.807, 2.05) is 36.1 Å². The first-order valence-corrected chi connectivity index (χ1v) is 8.62. The number of rotatable bonds is 4. The number of halogens is 1. The maximum absolute atomic E-state index is 12.3. The molecule has 7 nitrogen and oxygen atoms in total. The number of hydrogen-bond acceptors (Lipinski definition) is 4. The fourth-order valence-corrected chi connectivity index (χ4v) is 3.30. The Morgan fingerprint density at radius 1 is 1.33 bits per heavy atom. The molecule has 2 saturated heterocycles. The molecule has 0 radical (unpaired) electrons. The van der Waals surface area contributed by atoms with E-state index in [0.717, 1.165) is 10.0 Å². The molecule has 0 saturated carbocycles. The quantitative estimate of drug-likeness (QED) is 0.742. The molecule has 24 heavy (non-hydrogen) atoms. The summed E-state index contributed by atoms with van der Waals surface area (Å²) < 4.78 is 0.993. The zero-order valence-corrected chi connectivity index (χ0v) is 14.9. The van der Waals surface area contributed by atoms with Gasteiger partial charge in [0.05, 0.1) is 12.6 Å². The van der Waals surface area contributed by atoms with E-state index in [4.69, 9.17) is 0 Å². The van der Waals surface area contributed by atoms with Gasteiger partial charge in [0.2, 0.25) is 5.91 Å². The lowest BCUT2D eigenvalue weighted by Gasteiger charge is -2.35. The Morgan fingerprint density at radius 3 is 2.75 bits per heavy atom. The summed E-state index contributed by atoms with van der Waals surface area (Å²) in [5, 5.41) is 5.27. The largest absolute Gasteiger partial charge is 0.348 e. The van der Waals surface area contributed by atoms with Crippen molar-refractivity contribution in [1.29, 1.82) is 0 Å². The van der Waals surface area contributed by atoms with E-state index in [-0.39, 0.29) is 30.4 Å². The molecule has 2 atom stereocenters. The summed E-state index contributed by atoms with van der Waals surface area (Å²) in [6.45, 7) is 3.57. The molecule has 2 aliphatic heterocycles. The zero-order chi connectivity index (χ0) is 17.3. The Balaban J connectivity index is 1.53. The maximum atomic E-state index is 12.3. The second kappa shape index (κ2) is 6.90. The number of benzene rings is 1. The third-order valence-electron chi connectivity index (χ3n) is 4.37. The van der Waals surface area contributed by atoms with Crippen LogP contribution in [0.5, 0.6) is 0 Å². The van der Waals surface area contributed by atoms with E-state index in [1.54, 1.807) is 0 Å². The number of carbonyl (C=O) groups excluding carboxylic acids is 3. The number of amides is 4. The standard InChI is InChI=1S/C16H19BrN4O3/c1-10(11-2-4-12(17)5-3-11)18-14(22)9-20-6-7-21-13(8-20)15(23)19-16(21)24/h2-5,10,13H,6-9H2,1H3,(H,18,22)(H,19,23,24). The topological polar surface area (TPSA) is 81.8 Å². The van der Waals surface area contributed by atoms with Crippen molar-refractivity contribution in [3.63, 3.8) is 0 Å². The van der Waals surface area contributed by atoms with Gasteiger partial charge in [-0.3, -0.25) is 19.8 Å². The molecular weight excluding hydrogens is 376 g/mol. The molecule has 2 fully saturated rings. The molecule has 2 heterocycles. The van der Waals surface area contributed by atoms with E-state index >= 15 is 0 Å². The monoisotopic (exact) mass is 394 g/mol. The number of nitrogens with zero attached hydrogens (tertiary/aromatic N) is 2. The predicted molar refractivity (Wildman–Crippen MR) is 91.2 cm³/mol. The molecule has 4 amide bonds. The lowest BCUT2D eigenvalue weighted by molar-refractivity contribution is -0.126. The molecular formula is C16H19BrN4O3. The first-order chi connectivity index (χ1) is 11.4. The molecule has 1 aromatic rings. The van der Waals surface area contributed by atoms with Gasteiger partial charge in [-0.25, -0.2) is 4.79 Å². The van der Waals surface area contributed by atoms with Crippen LogP contribution in [0.3, 0.4) is 0 Å². The molecule has 0 spiro atoms. The average molecular weight is 395 g/mol. The van der Waals surface area contributed by atoms with E-state index < -0.39 is 6.04 Å². The number of imide groups is 1. The fraction of sp³-hybridized carbons (Fsp3) is 0.438. The SMILES string of the molecule is CC(NC(=O)CN1CCN2C(=O)NC(=O)C2C1)c1ccc(Br)cc1. The van der Waals surface area contributed by atoms with Crippen molar-refractivity contribution >= 4 is 33.8 Å². The molecule has 8 heteroatoms. The number of urea groups is 1. The molecule has 0 aromatic heterocycles. The lowest BCUT2D eigenvalue weighted by atomic mass is 10.1. The Bertz CT molecular complexity index is 664. The molecule has 2 unspecified atom stereocenters. The minimum Gasteiger partial charge on any atom is -0.348 e. The molecule has 128 valence electrons. The molecule has 0 bridgehead atoms. The second-order valence-electron chi connectivity index (χ2n) is 6.08. The van der Waals surface area contributed by atoms with Gasteiger partial charge in [-0.15, -0.1) is 0 Å².